The van der Waals surface area contributed by atoms with E-state index in [1.54, 1.807) is 19.1 Å². The topological polar surface area (TPSA) is 41.6 Å². The minimum Gasteiger partial charge on any atom is -0.450 e. The number of hydrogen-bond acceptors (Lipinski definition) is 3. The second-order valence-corrected chi connectivity index (χ2v) is 3.81. The molecular formula is C11H15ClN2O2. The van der Waals surface area contributed by atoms with Crippen LogP contribution in [0.4, 0.5) is 16.2 Å². The lowest BCUT2D eigenvalue weighted by Crippen LogP contribution is -2.14. The lowest BCUT2D eigenvalue weighted by Gasteiger charge is -2.15. The van der Waals surface area contributed by atoms with E-state index in [9.17, 15) is 4.79 Å². The molecule has 0 aliphatic heterocycles. The number of nitrogens with one attached hydrogen (secondary N) is 1. The van der Waals surface area contributed by atoms with E-state index < -0.39 is 6.09 Å². The molecule has 0 aromatic heterocycles. The Kier molecular flexibility index (Phi) is 4.43. The Morgan fingerprint density at radius 3 is 2.69 bits per heavy atom. The number of halogens is 1. The molecule has 1 aromatic rings. The molecular weight excluding hydrogens is 228 g/mol. The minimum absolute atomic E-state index is 0.343. The SMILES string of the molecule is CCOC(=O)Nc1ccc(N(C)C)c(Cl)c1. The molecule has 0 saturated heterocycles. The maximum Gasteiger partial charge on any atom is 0.411 e. The van der Waals surface area contributed by atoms with Crippen molar-refractivity contribution < 1.29 is 9.53 Å². The van der Waals surface area contributed by atoms with Gasteiger partial charge in [-0.25, -0.2) is 4.79 Å². The summed E-state index contributed by atoms with van der Waals surface area (Å²) >= 11 is 6.05. The summed E-state index contributed by atoms with van der Waals surface area (Å²) in [5, 5.41) is 3.17. The summed E-state index contributed by atoms with van der Waals surface area (Å²) in [6, 6.07) is 5.30. The van der Waals surface area contributed by atoms with Crippen LogP contribution in [0, 0.1) is 0 Å². The number of amides is 1. The Morgan fingerprint density at radius 2 is 2.19 bits per heavy atom. The van der Waals surface area contributed by atoms with Crippen LogP contribution in [0.15, 0.2) is 18.2 Å². The molecule has 0 fully saturated rings. The highest BCUT2D eigenvalue weighted by Crippen LogP contribution is 2.27. The van der Waals surface area contributed by atoms with Crippen LogP contribution < -0.4 is 10.2 Å². The van der Waals surface area contributed by atoms with Crippen molar-refractivity contribution in [3.8, 4) is 0 Å². The molecule has 0 atom stereocenters. The van der Waals surface area contributed by atoms with Gasteiger partial charge in [-0.15, -0.1) is 0 Å². The lowest BCUT2D eigenvalue weighted by atomic mass is 10.2. The Hall–Kier alpha value is -1.42. The van der Waals surface area contributed by atoms with Gasteiger partial charge in [0.2, 0.25) is 0 Å². The minimum atomic E-state index is -0.476. The summed E-state index contributed by atoms with van der Waals surface area (Å²) in [4.78, 5) is 13.1. The molecule has 0 aliphatic rings. The predicted octanol–water partition coefficient (Wildman–Crippen LogP) is 2.97. The third-order valence-electron chi connectivity index (χ3n) is 1.95. The molecule has 4 nitrogen and oxygen atoms in total. The molecule has 1 aromatic carbocycles. The number of carbonyl (C=O) groups excluding carboxylic acids is 1. The fourth-order valence-corrected chi connectivity index (χ4v) is 1.58. The van der Waals surface area contributed by atoms with Crippen molar-refractivity contribution in [1.29, 1.82) is 0 Å². The van der Waals surface area contributed by atoms with Gasteiger partial charge >= 0.3 is 6.09 Å². The number of benzene rings is 1. The monoisotopic (exact) mass is 242 g/mol. The number of rotatable bonds is 3. The average molecular weight is 243 g/mol. The molecule has 0 bridgehead atoms. The van der Waals surface area contributed by atoms with E-state index in [4.69, 9.17) is 16.3 Å². The van der Waals surface area contributed by atoms with Crippen LogP contribution in [0.1, 0.15) is 6.92 Å². The number of anilines is 2. The highest BCUT2D eigenvalue weighted by molar-refractivity contribution is 6.33. The van der Waals surface area contributed by atoms with Crippen LogP contribution in [-0.4, -0.2) is 26.8 Å². The molecule has 0 spiro atoms. The highest BCUT2D eigenvalue weighted by Gasteiger charge is 2.06. The average Bonchev–Trinajstić information content (AvgIpc) is 2.17. The number of nitrogens with zero attached hydrogens (tertiary/aromatic N) is 1. The van der Waals surface area contributed by atoms with Crippen LogP contribution in [0.3, 0.4) is 0 Å². The first kappa shape index (κ1) is 12.6. The summed E-state index contributed by atoms with van der Waals surface area (Å²) in [5.41, 5.74) is 1.52. The van der Waals surface area contributed by atoms with Gasteiger partial charge in [-0.1, -0.05) is 11.6 Å². The number of hydrogen-bond donors (Lipinski definition) is 1. The fraction of sp³-hybridized carbons (Fsp3) is 0.364. The molecule has 5 heteroatoms. The van der Waals surface area contributed by atoms with E-state index in [0.717, 1.165) is 5.69 Å². The molecule has 1 rings (SSSR count). The van der Waals surface area contributed by atoms with E-state index >= 15 is 0 Å². The first-order chi connectivity index (χ1) is 7.54. The van der Waals surface area contributed by atoms with Gasteiger partial charge in [0, 0.05) is 19.8 Å². The van der Waals surface area contributed by atoms with Crippen LogP contribution in [0.5, 0.6) is 0 Å². The molecule has 0 unspecified atom stereocenters. The van der Waals surface area contributed by atoms with Gasteiger partial charge in [0.1, 0.15) is 0 Å². The van der Waals surface area contributed by atoms with E-state index in [1.807, 2.05) is 25.1 Å². The van der Waals surface area contributed by atoms with E-state index in [1.165, 1.54) is 0 Å². The Balaban J connectivity index is 2.77. The molecule has 0 aliphatic carbocycles. The standard InChI is InChI=1S/C11H15ClN2O2/c1-4-16-11(15)13-8-5-6-10(14(2)3)9(12)7-8/h5-7H,4H2,1-3H3,(H,13,15). The maximum atomic E-state index is 11.2. The van der Waals surface area contributed by atoms with Gasteiger partial charge in [0.25, 0.3) is 0 Å². The van der Waals surface area contributed by atoms with E-state index in [2.05, 4.69) is 5.32 Å². The number of carbonyl (C=O) groups is 1. The lowest BCUT2D eigenvalue weighted by molar-refractivity contribution is 0.168. The summed E-state index contributed by atoms with van der Waals surface area (Å²) in [6.07, 6.45) is -0.476. The van der Waals surface area contributed by atoms with Crippen LogP contribution in [0.25, 0.3) is 0 Å². The molecule has 0 saturated carbocycles. The van der Waals surface area contributed by atoms with Crippen molar-refractivity contribution in [3.05, 3.63) is 23.2 Å². The highest BCUT2D eigenvalue weighted by atomic mass is 35.5. The van der Waals surface area contributed by atoms with Gasteiger partial charge < -0.3 is 9.64 Å². The zero-order chi connectivity index (χ0) is 12.1. The van der Waals surface area contributed by atoms with Crippen molar-refractivity contribution in [2.75, 3.05) is 30.9 Å². The Morgan fingerprint density at radius 1 is 1.50 bits per heavy atom. The third kappa shape index (κ3) is 3.31. The maximum absolute atomic E-state index is 11.2. The summed E-state index contributed by atoms with van der Waals surface area (Å²) in [5.74, 6) is 0. The fourth-order valence-electron chi connectivity index (χ4n) is 1.23. The van der Waals surface area contributed by atoms with Gasteiger partial charge in [-0.3, -0.25) is 5.32 Å². The zero-order valence-electron chi connectivity index (χ0n) is 9.58. The predicted molar refractivity (Wildman–Crippen MR) is 66.4 cm³/mol. The molecule has 0 radical (unpaired) electrons. The summed E-state index contributed by atoms with van der Waals surface area (Å²) in [7, 11) is 3.80. The summed E-state index contributed by atoms with van der Waals surface area (Å²) < 4.78 is 4.76. The molecule has 16 heavy (non-hydrogen) atoms. The van der Waals surface area contributed by atoms with Gasteiger partial charge in [-0.2, -0.15) is 0 Å². The quantitative estimate of drug-likeness (QED) is 0.886. The normalized spacial score (nSPS) is 9.75. The van der Waals surface area contributed by atoms with Crippen molar-refractivity contribution in [3.63, 3.8) is 0 Å². The first-order valence-electron chi connectivity index (χ1n) is 4.95. The second kappa shape index (κ2) is 5.61. The van der Waals surface area contributed by atoms with Crippen molar-refractivity contribution in [1.82, 2.24) is 0 Å². The number of ether oxygens (including phenoxy) is 1. The Labute approximate surface area is 100 Å². The van der Waals surface area contributed by atoms with E-state index in [-0.39, 0.29) is 0 Å². The van der Waals surface area contributed by atoms with Crippen LogP contribution >= 0.6 is 11.6 Å². The third-order valence-corrected chi connectivity index (χ3v) is 2.25. The van der Waals surface area contributed by atoms with Crippen LogP contribution in [-0.2, 0) is 4.74 Å². The van der Waals surface area contributed by atoms with Crippen LogP contribution in [0.2, 0.25) is 5.02 Å². The zero-order valence-corrected chi connectivity index (χ0v) is 10.3. The second-order valence-electron chi connectivity index (χ2n) is 3.41. The molecule has 1 amide bonds. The van der Waals surface area contributed by atoms with Crippen molar-refractivity contribution in [2.45, 2.75) is 6.92 Å². The van der Waals surface area contributed by atoms with Gasteiger partial charge in [-0.05, 0) is 25.1 Å². The van der Waals surface area contributed by atoms with E-state index in [0.29, 0.717) is 17.3 Å². The van der Waals surface area contributed by atoms with Crippen molar-refractivity contribution >= 4 is 29.1 Å². The smallest absolute Gasteiger partial charge is 0.411 e. The Bertz CT molecular complexity index is 380. The molecule has 0 heterocycles. The molecule has 1 N–H and O–H groups in total. The largest absolute Gasteiger partial charge is 0.450 e. The first-order valence-corrected chi connectivity index (χ1v) is 5.33. The van der Waals surface area contributed by atoms with Gasteiger partial charge in [0.15, 0.2) is 0 Å². The summed E-state index contributed by atoms with van der Waals surface area (Å²) in [6.45, 7) is 2.09. The van der Waals surface area contributed by atoms with Crippen molar-refractivity contribution in [2.24, 2.45) is 0 Å². The molecule has 88 valence electrons. The van der Waals surface area contributed by atoms with Gasteiger partial charge in [0.05, 0.1) is 17.3 Å².